The van der Waals surface area contributed by atoms with Crippen LogP contribution in [0.15, 0.2) is 12.7 Å². The van der Waals surface area contributed by atoms with Crippen LogP contribution in [0.1, 0.15) is 0 Å². The first-order valence-electron chi connectivity index (χ1n) is 7.64. The Kier molecular flexibility index (Phi) is 9.77. The fraction of sp³-hybridized carbons (Fsp3) is 0.857. The van der Waals surface area contributed by atoms with E-state index < -0.39 is 5.41 Å². The van der Waals surface area contributed by atoms with Crippen LogP contribution in [-0.4, -0.2) is 87.5 Å². The molecule has 7 nitrogen and oxygen atoms in total. The predicted octanol–water partition coefficient (Wildman–Crippen LogP) is -2.27. The lowest BCUT2D eigenvalue weighted by atomic mass is 9.90. The molecule has 1 aliphatic heterocycles. The second-order valence-electron chi connectivity index (χ2n) is 5.63. The summed E-state index contributed by atoms with van der Waals surface area (Å²) in [6.45, 7) is 10.7. The minimum Gasteiger partial charge on any atom is -0.396 e. The minimum atomic E-state index is -0.501. The molecule has 6 N–H and O–H groups in total. The third-order valence-electron chi connectivity index (χ3n) is 3.69. The van der Waals surface area contributed by atoms with Gasteiger partial charge in [-0.2, -0.15) is 0 Å². The molecule has 1 saturated heterocycles. The molecule has 1 fully saturated rings. The van der Waals surface area contributed by atoms with Crippen LogP contribution in [0, 0.1) is 5.41 Å². The molecular formula is C14H31N5O2. The van der Waals surface area contributed by atoms with E-state index in [1.807, 2.05) is 6.08 Å². The average Bonchev–Trinajstić information content (AvgIpc) is 2.51. The van der Waals surface area contributed by atoms with Crippen molar-refractivity contribution in [3.63, 3.8) is 0 Å². The summed E-state index contributed by atoms with van der Waals surface area (Å²) in [7, 11) is 0. The van der Waals surface area contributed by atoms with Crippen LogP contribution in [0.5, 0.6) is 0 Å². The van der Waals surface area contributed by atoms with Crippen LogP contribution >= 0.6 is 0 Å². The van der Waals surface area contributed by atoms with Crippen molar-refractivity contribution in [2.24, 2.45) is 5.41 Å². The summed E-state index contributed by atoms with van der Waals surface area (Å²) in [6.07, 6.45) is 1.90. The average molecular weight is 301 g/mol. The molecule has 1 rings (SSSR count). The molecule has 0 saturated carbocycles. The number of rotatable bonds is 4. The van der Waals surface area contributed by atoms with Crippen molar-refractivity contribution in [1.82, 2.24) is 26.2 Å². The van der Waals surface area contributed by atoms with Gasteiger partial charge in [-0.05, 0) is 0 Å². The SMILES string of the molecule is C=CCN1CNCCNCC(CO)(CO)CNCCNC1. The Balaban J connectivity index is 2.45. The largest absolute Gasteiger partial charge is 0.396 e. The lowest BCUT2D eigenvalue weighted by Gasteiger charge is -2.31. The normalized spacial score (nSPS) is 23.3. The standard InChI is InChI=1S/C14H31N5O2/c1-2-7-19-12-17-5-3-15-8-14(10-20,11-21)9-16-4-6-18-13-19/h2,15-18,20-21H,1,3-13H2. The van der Waals surface area contributed by atoms with Crippen LogP contribution in [0.4, 0.5) is 0 Å². The second kappa shape index (κ2) is 11.1. The fourth-order valence-electron chi connectivity index (χ4n) is 2.24. The Morgan fingerprint density at radius 3 is 1.81 bits per heavy atom. The molecule has 0 aromatic rings. The van der Waals surface area contributed by atoms with Gasteiger partial charge in [-0.25, -0.2) is 0 Å². The third kappa shape index (κ3) is 7.32. The van der Waals surface area contributed by atoms with Gasteiger partial charge in [0.25, 0.3) is 0 Å². The van der Waals surface area contributed by atoms with E-state index in [0.717, 1.165) is 46.1 Å². The summed E-state index contributed by atoms with van der Waals surface area (Å²) in [5.74, 6) is 0. The van der Waals surface area contributed by atoms with Crippen molar-refractivity contribution in [1.29, 1.82) is 0 Å². The van der Waals surface area contributed by atoms with Gasteiger partial charge < -0.3 is 31.5 Å². The third-order valence-corrected chi connectivity index (χ3v) is 3.69. The van der Waals surface area contributed by atoms with E-state index in [1.54, 1.807) is 0 Å². The lowest BCUT2D eigenvalue weighted by Crippen LogP contribution is -2.51. The molecule has 124 valence electrons. The van der Waals surface area contributed by atoms with Gasteiger partial charge in [0.1, 0.15) is 0 Å². The molecule has 1 aliphatic rings. The van der Waals surface area contributed by atoms with Gasteiger partial charge in [-0.3, -0.25) is 4.90 Å². The molecule has 0 radical (unpaired) electrons. The molecule has 0 atom stereocenters. The molecule has 0 unspecified atom stereocenters. The van der Waals surface area contributed by atoms with Crippen molar-refractivity contribution in [3.8, 4) is 0 Å². The number of nitrogens with one attached hydrogen (secondary N) is 4. The maximum absolute atomic E-state index is 9.55. The second-order valence-corrected chi connectivity index (χ2v) is 5.63. The zero-order chi connectivity index (χ0) is 15.4. The highest BCUT2D eigenvalue weighted by molar-refractivity contribution is 4.83. The van der Waals surface area contributed by atoms with E-state index >= 15 is 0 Å². The van der Waals surface area contributed by atoms with Gasteiger partial charge in [0.15, 0.2) is 0 Å². The smallest absolute Gasteiger partial charge is 0.0533 e. The van der Waals surface area contributed by atoms with Crippen LogP contribution in [0.25, 0.3) is 0 Å². The molecule has 0 aromatic carbocycles. The summed E-state index contributed by atoms with van der Waals surface area (Å²) in [5.41, 5.74) is -0.501. The quantitative estimate of drug-likeness (QED) is 0.326. The summed E-state index contributed by atoms with van der Waals surface area (Å²) < 4.78 is 0. The van der Waals surface area contributed by atoms with Crippen molar-refractivity contribution in [2.45, 2.75) is 0 Å². The Bertz CT molecular complexity index is 256. The van der Waals surface area contributed by atoms with Crippen LogP contribution in [-0.2, 0) is 0 Å². The predicted molar refractivity (Wildman–Crippen MR) is 85.0 cm³/mol. The zero-order valence-corrected chi connectivity index (χ0v) is 12.9. The van der Waals surface area contributed by atoms with Crippen LogP contribution in [0.3, 0.4) is 0 Å². The first-order valence-corrected chi connectivity index (χ1v) is 7.64. The highest BCUT2D eigenvalue weighted by Crippen LogP contribution is 2.12. The Morgan fingerprint density at radius 1 is 0.905 bits per heavy atom. The topological polar surface area (TPSA) is 91.8 Å². The van der Waals surface area contributed by atoms with Gasteiger partial charge >= 0.3 is 0 Å². The lowest BCUT2D eigenvalue weighted by molar-refractivity contribution is 0.0542. The molecule has 21 heavy (non-hydrogen) atoms. The number of hydrogen-bond acceptors (Lipinski definition) is 7. The summed E-state index contributed by atoms with van der Waals surface area (Å²) in [6, 6.07) is 0. The van der Waals surface area contributed by atoms with E-state index in [2.05, 4.69) is 32.7 Å². The Labute approximate surface area is 127 Å². The highest BCUT2D eigenvalue weighted by atomic mass is 16.3. The molecular weight excluding hydrogens is 270 g/mol. The molecule has 0 aromatic heterocycles. The van der Waals surface area contributed by atoms with Gasteiger partial charge in [0.05, 0.1) is 13.2 Å². The Morgan fingerprint density at radius 2 is 1.38 bits per heavy atom. The van der Waals surface area contributed by atoms with Gasteiger partial charge in [-0.15, -0.1) is 6.58 Å². The van der Waals surface area contributed by atoms with Crippen molar-refractivity contribution in [3.05, 3.63) is 12.7 Å². The van der Waals surface area contributed by atoms with E-state index in [4.69, 9.17) is 0 Å². The molecule has 1 heterocycles. The first kappa shape index (κ1) is 18.5. The van der Waals surface area contributed by atoms with E-state index in [1.165, 1.54) is 0 Å². The molecule has 7 heteroatoms. The number of nitrogens with zero attached hydrogens (tertiary/aromatic N) is 1. The van der Waals surface area contributed by atoms with Crippen molar-refractivity contribution >= 4 is 0 Å². The maximum atomic E-state index is 9.55. The Hall–Kier alpha value is -0.540. The monoisotopic (exact) mass is 301 g/mol. The highest BCUT2D eigenvalue weighted by Gasteiger charge is 2.27. The van der Waals surface area contributed by atoms with E-state index in [-0.39, 0.29) is 13.2 Å². The van der Waals surface area contributed by atoms with Gasteiger partial charge in [-0.1, -0.05) is 6.08 Å². The number of hydrogen-bond donors (Lipinski definition) is 6. The van der Waals surface area contributed by atoms with Crippen LogP contribution in [0.2, 0.25) is 0 Å². The van der Waals surface area contributed by atoms with E-state index in [9.17, 15) is 10.2 Å². The molecule has 0 amide bonds. The minimum absolute atomic E-state index is 0.0303. The maximum Gasteiger partial charge on any atom is 0.0533 e. The number of aliphatic hydroxyl groups excluding tert-OH is 2. The number of aliphatic hydroxyl groups is 2. The molecule has 0 aliphatic carbocycles. The summed E-state index contributed by atoms with van der Waals surface area (Å²) in [5, 5.41) is 32.5. The van der Waals surface area contributed by atoms with Gasteiger partial charge in [0, 0.05) is 64.6 Å². The van der Waals surface area contributed by atoms with Crippen LogP contribution < -0.4 is 21.3 Å². The van der Waals surface area contributed by atoms with Crippen molar-refractivity contribution in [2.75, 3.05) is 72.4 Å². The first-order chi connectivity index (χ1) is 10.3. The fourth-order valence-corrected chi connectivity index (χ4v) is 2.24. The summed E-state index contributed by atoms with van der Waals surface area (Å²) in [4.78, 5) is 2.24. The molecule has 0 spiro atoms. The van der Waals surface area contributed by atoms with Gasteiger partial charge in [0.2, 0.25) is 0 Å². The molecule has 0 bridgehead atoms. The zero-order valence-electron chi connectivity index (χ0n) is 12.9. The summed E-state index contributed by atoms with van der Waals surface area (Å²) >= 11 is 0. The van der Waals surface area contributed by atoms with Crippen molar-refractivity contribution < 1.29 is 10.2 Å². The van der Waals surface area contributed by atoms with E-state index in [0.29, 0.717) is 13.1 Å².